The second-order valence-electron chi connectivity index (χ2n) is 7.00. The number of aromatic carboxylic acids is 1. The molecule has 4 rings (SSSR count). The lowest BCUT2D eigenvalue weighted by Gasteiger charge is -2.09. The second-order valence-corrected chi connectivity index (χ2v) is 7.00. The molecule has 0 fully saturated rings. The molecular weight excluding hydrogens is 350 g/mol. The third-order valence-corrected chi connectivity index (χ3v) is 5.21. The molecule has 1 N–H and O–H groups in total. The molecule has 0 bridgehead atoms. The van der Waals surface area contributed by atoms with Crippen molar-refractivity contribution in [1.29, 1.82) is 0 Å². The summed E-state index contributed by atoms with van der Waals surface area (Å²) in [6.45, 7) is 2.18. The number of hydrogen-bond acceptors (Lipinski definition) is 2. The predicted molar refractivity (Wildman–Crippen MR) is 111 cm³/mol. The van der Waals surface area contributed by atoms with Crippen LogP contribution in [0.5, 0.6) is 0 Å². The molecule has 2 aromatic carbocycles. The van der Waals surface area contributed by atoms with Crippen LogP contribution in [0.15, 0.2) is 60.9 Å². The fourth-order valence-electron chi connectivity index (χ4n) is 3.73. The van der Waals surface area contributed by atoms with Crippen molar-refractivity contribution in [3.8, 4) is 16.9 Å². The predicted octanol–water partition coefficient (Wildman–Crippen LogP) is 5.07. The van der Waals surface area contributed by atoms with Crippen molar-refractivity contribution in [1.82, 2.24) is 14.1 Å². The number of aryl methyl sites for hydroxylation is 2. The number of benzene rings is 2. The van der Waals surface area contributed by atoms with Gasteiger partial charge in [-0.3, -0.25) is 0 Å². The van der Waals surface area contributed by atoms with Gasteiger partial charge in [0.05, 0.1) is 5.56 Å². The first-order valence-electron chi connectivity index (χ1n) is 9.55. The van der Waals surface area contributed by atoms with Gasteiger partial charge in [-0.2, -0.15) is 0 Å². The van der Waals surface area contributed by atoms with Crippen molar-refractivity contribution >= 4 is 16.9 Å². The summed E-state index contributed by atoms with van der Waals surface area (Å²) in [5.74, 6) is 0.147. The van der Waals surface area contributed by atoms with Gasteiger partial charge in [-0.05, 0) is 36.8 Å². The number of fused-ring (bicyclic) bond motifs is 1. The molecule has 2 aromatic heterocycles. The fourth-order valence-corrected chi connectivity index (χ4v) is 3.73. The van der Waals surface area contributed by atoms with Crippen LogP contribution in [0.25, 0.3) is 27.8 Å². The number of imidazole rings is 1. The summed E-state index contributed by atoms with van der Waals surface area (Å²) in [5, 5.41) is 10.6. The van der Waals surface area contributed by atoms with Gasteiger partial charge >= 0.3 is 5.97 Å². The molecule has 0 aliphatic carbocycles. The van der Waals surface area contributed by atoms with Crippen LogP contribution in [0.3, 0.4) is 0 Å². The Balaban J connectivity index is 1.81. The highest BCUT2D eigenvalue weighted by atomic mass is 16.4. The van der Waals surface area contributed by atoms with E-state index in [4.69, 9.17) is 0 Å². The first kappa shape index (κ1) is 18.0. The van der Waals surface area contributed by atoms with Crippen molar-refractivity contribution < 1.29 is 9.90 Å². The summed E-state index contributed by atoms with van der Waals surface area (Å²) < 4.78 is 4.18. The SMILES string of the molecule is CCCCc1nccn1-c1ccc2c(c1)cc(-c1ccccc1C(=O)O)n2C. The summed E-state index contributed by atoms with van der Waals surface area (Å²) in [5.41, 5.74) is 4.06. The molecule has 0 saturated carbocycles. The van der Waals surface area contributed by atoms with E-state index in [1.165, 1.54) is 0 Å². The molecule has 142 valence electrons. The quantitative estimate of drug-likeness (QED) is 0.513. The Morgan fingerprint density at radius 2 is 1.96 bits per heavy atom. The Labute approximate surface area is 163 Å². The highest BCUT2D eigenvalue weighted by Gasteiger charge is 2.16. The summed E-state index contributed by atoms with van der Waals surface area (Å²) in [6.07, 6.45) is 7.04. The Hall–Kier alpha value is -3.34. The van der Waals surface area contributed by atoms with Gasteiger partial charge < -0.3 is 14.2 Å². The van der Waals surface area contributed by atoms with E-state index >= 15 is 0 Å². The zero-order valence-corrected chi connectivity index (χ0v) is 16.1. The molecule has 0 atom stereocenters. The number of rotatable bonds is 6. The normalized spacial score (nSPS) is 11.2. The topological polar surface area (TPSA) is 60.1 Å². The van der Waals surface area contributed by atoms with E-state index in [-0.39, 0.29) is 0 Å². The molecule has 0 aliphatic rings. The van der Waals surface area contributed by atoms with Gasteiger partial charge in [0.2, 0.25) is 0 Å². The Kier molecular flexibility index (Phi) is 4.74. The van der Waals surface area contributed by atoms with Crippen LogP contribution in [-0.2, 0) is 13.5 Å². The molecule has 28 heavy (non-hydrogen) atoms. The van der Waals surface area contributed by atoms with Gasteiger partial charge in [0, 0.05) is 53.7 Å². The van der Waals surface area contributed by atoms with Crippen molar-refractivity contribution in [2.75, 3.05) is 0 Å². The van der Waals surface area contributed by atoms with E-state index in [1.54, 1.807) is 12.1 Å². The van der Waals surface area contributed by atoms with Gasteiger partial charge in [-0.15, -0.1) is 0 Å². The summed E-state index contributed by atoms with van der Waals surface area (Å²) in [7, 11) is 1.97. The average molecular weight is 373 g/mol. The molecule has 4 aromatic rings. The van der Waals surface area contributed by atoms with Crippen LogP contribution in [0.2, 0.25) is 0 Å². The zero-order chi connectivity index (χ0) is 19.7. The van der Waals surface area contributed by atoms with Crippen LogP contribution in [-0.4, -0.2) is 25.2 Å². The molecule has 5 heteroatoms. The van der Waals surface area contributed by atoms with Crippen LogP contribution < -0.4 is 0 Å². The largest absolute Gasteiger partial charge is 0.478 e. The minimum atomic E-state index is -0.916. The standard InChI is InChI=1S/C23H23N3O2/c1-3-4-9-22-24-12-13-26(22)17-10-11-20-16(14-17)15-21(25(20)2)18-7-5-6-8-19(18)23(27)28/h5-8,10-15H,3-4,9H2,1-2H3,(H,27,28). The maximum Gasteiger partial charge on any atom is 0.336 e. The van der Waals surface area contributed by atoms with Crippen molar-refractivity contribution in [3.05, 3.63) is 72.3 Å². The van der Waals surface area contributed by atoms with E-state index in [1.807, 2.05) is 36.1 Å². The maximum atomic E-state index is 11.6. The van der Waals surface area contributed by atoms with Crippen LogP contribution in [0.1, 0.15) is 35.9 Å². The lowest BCUT2D eigenvalue weighted by atomic mass is 10.0. The highest BCUT2D eigenvalue weighted by Crippen LogP contribution is 2.31. The molecule has 0 radical (unpaired) electrons. The van der Waals surface area contributed by atoms with E-state index in [9.17, 15) is 9.90 Å². The Morgan fingerprint density at radius 1 is 1.14 bits per heavy atom. The van der Waals surface area contributed by atoms with Gasteiger partial charge in [0.1, 0.15) is 5.82 Å². The number of carboxylic acid groups (broad SMARTS) is 1. The molecule has 0 unspecified atom stereocenters. The number of nitrogens with zero attached hydrogens (tertiary/aromatic N) is 3. The third-order valence-electron chi connectivity index (χ3n) is 5.21. The van der Waals surface area contributed by atoms with E-state index in [0.29, 0.717) is 5.56 Å². The number of aromatic nitrogens is 3. The molecule has 0 aliphatic heterocycles. The lowest BCUT2D eigenvalue weighted by molar-refractivity contribution is 0.0697. The van der Waals surface area contributed by atoms with E-state index < -0.39 is 5.97 Å². The van der Waals surface area contributed by atoms with Crippen molar-refractivity contribution in [3.63, 3.8) is 0 Å². The summed E-state index contributed by atoms with van der Waals surface area (Å²) in [6, 6.07) is 15.5. The van der Waals surface area contributed by atoms with Crippen LogP contribution in [0.4, 0.5) is 0 Å². The summed E-state index contributed by atoms with van der Waals surface area (Å²) >= 11 is 0. The van der Waals surface area contributed by atoms with Crippen molar-refractivity contribution in [2.45, 2.75) is 26.2 Å². The van der Waals surface area contributed by atoms with E-state index in [0.717, 1.165) is 52.9 Å². The van der Waals surface area contributed by atoms with Crippen LogP contribution >= 0.6 is 0 Å². The van der Waals surface area contributed by atoms with Gasteiger partial charge in [0.25, 0.3) is 0 Å². The second kappa shape index (κ2) is 7.35. The Bertz CT molecular complexity index is 1150. The summed E-state index contributed by atoms with van der Waals surface area (Å²) in [4.78, 5) is 16.1. The molecule has 0 saturated heterocycles. The molecular formula is C23H23N3O2. The minimum Gasteiger partial charge on any atom is -0.478 e. The maximum absolute atomic E-state index is 11.6. The average Bonchev–Trinajstić information content (AvgIpc) is 3.30. The minimum absolute atomic E-state index is 0.310. The van der Waals surface area contributed by atoms with Gasteiger partial charge in [-0.1, -0.05) is 31.5 Å². The number of unbranched alkanes of at least 4 members (excludes halogenated alkanes) is 1. The van der Waals surface area contributed by atoms with Crippen molar-refractivity contribution in [2.24, 2.45) is 7.05 Å². The highest BCUT2D eigenvalue weighted by molar-refractivity contribution is 5.98. The molecule has 0 spiro atoms. The monoisotopic (exact) mass is 373 g/mol. The van der Waals surface area contributed by atoms with Gasteiger partial charge in [0.15, 0.2) is 0 Å². The molecule has 0 amide bonds. The smallest absolute Gasteiger partial charge is 0.336 e. The lowest BCUT2D eigenvalue weighted by Crippen LogP contribution is -2.01. The van der Waals surface area contributed by atoms with E-state index in [2.05, 4.69) is 40.7 Å². The molecule has 2 heterocycles. The first-order chi connectivity index (χ1) is 13.6. The molecule has 5 nitrogen and oxygen atoms in total. The number of hydrogen-bond donors (Lipinski definition) is 1. The number of carboxylic acids is 1. The van der Waals surface area contributed by atoms with Crippen LogP contribution in [0, 0.1) is 0 Å². The number of carbonyl (C=O) groups is 1. The fraction of sp³-hybridized carbons (Fsp3) is 0.217. The van der Waals surface area contributed by atoms with Gasteiger partial charge in [-0.25, -0.2) is 9.78 Å². The third kappa shape index (κ3) is 3.09. The first-order valence-corrected chi connectivity index (χ1v) is 9.55. The Morgan fingerprint density at radius 3 is 2.75 bits per heavy atom. The zero-order valence-electron chi connectivity index (χ0n) is 16.1.